The first kappa shape index (κ1) is 14.3. The van der Waals surface area contributed by atoms with E-state index in [1.54, 1.807) is 12.3 Å². The average molecular weight is 342 g/mol. The standard InChI is InChI=1S/C11H12BrN5O3/c12-5-1-7(14-3-5)9(19)15-4-6(18)2-8-10(20)17-11(13)16-8/h1-3,6,14,18H,4H2,(H,15,19)(H3,13,16,17,20)/b8-2-. The van der Waals surface area contributed by atoms with Crippen LogP contribution in [-0.4, -0.2) is 40.5 Å². The lowest BCUT2D eigenvalue weighted by Crippen LogP contribution is -2.32. The van der Waals surface area contributed by atoms with Crippen molar-refractivity contribution in [3.63, 3.8) is 0 Å². The quantitative estimate of drug-likeness (QED) is 0.458. The lowest BCUT2D eigenvalue weighted by Gasteiger charge is -2.07. The van der Waals surface area contributed by atoms with Gasteiger partial charge in [0.25, 0.3) is 11.8 Å². The molecule has 0 aromatic carbocycles. The van der Waals surface area contributed by atoms with Crippen molar-refractivity contribution >= 4 is 33.7 Å². The molecule has 2 amide bonds. The van der Waals surface area contributed by atoms with Crippen LogP contribution in [0, 0.1) is 0 Å². The molecule has 9 heteroatoms. The Hall–Kier alpha value is -2.13. The Morgan fingerprint density at radius 1 is 1.65 bits per heavy atom. The Morgan fingerprint density at radius 2 is 2.40 bits per heavy atom. The summed E-state index contributed by atoms with van der Waals surface area (Å²) < 4.78 is 0.748. The summed E-state index contributed by atoms with van der Waals surface area (Å²) in [5, 5.41) is 14.5. The molecular weight excluding hydrogens is 330 g/mol. The molecule has 1 aliphatic heterocycles. The van der Waals surface area contributed by atoms with Gasteiger partial charge in [0.1, 0.15) is 11.4 Å². The highest BCUT2D eigenvalue weighted by atomic mass is 79.9. The monoisotopic (exact) mass is 341 g/mol. The predicted molar refractivity (Wildman–Crippen MR) is 74.7 cm³/mol. The van der Waals surface area contributed by atoms with E-state index in [9.17, 15) is 14.7 Å². The highest BCUT2D eigenvalue weighted by Crippen LogP contribution is 2.10. The molecule has 20 heavy (non-hydrogen) atoms. The SMILES string of the molecule is NC1=N/C(=C\C(O)CNC(=O)c2cc(Br)c[nH]2)C(=O)N1. The number of halogens is 1. The van der Waals surface area contributed by atoms with Gasteiger partial charge in [-0.2, -0.15) is 0 Å². The van der Waals surface area contributed by atoms with Crippen molar-refractivity contribution in [2.24, 2.45) is 10.7 Å². The van der Waals surface area contributed by atoms with Crippen LogP contribution in [0.4, 0.5) is 0 Å². The molecule has 1 aliphatic rings. The largest absolute Gasteiger partial charge is 0.387 e. The first-order valence-electron chi connectivity index (χ1n) is 5.63. The fourth-order valence-electron chi connectivity index (χ4n) is 1.53. The van der Waals surface area contributed by atoms with Gasteiger partial charge in [-0.1, -0.05) is 0 Å². The smallest absolute Gasteiger partial charge is 0.276 e. The summed E-state index contributed by atoms with van der Waals surface area (Å²) in [6.07, 6.45) is 1.79. The second-order valence-electron chi connectivity index (χ2n) is 4.01. The molecule has 6 N–H and O–H groups in total. The highest BCUT2D eigenvalue weighted by Gasteiger charge is 2.19. The fourth-order valence-corrected chi connectivity index (χ4v) is 1.88. The molecule has 0 radical (unpaired) electrons. The molecule has 0 aliphatic carbocycles. The van der Waals surface area contributed by atoms with Crippen molar-refractivity contribution < 1.29 is 14.7 Å². The van der Waals surface area contributed by atoms with Crippen molar-refractivity contribution in [2.45, 2.75) is 6.10 Å². The van der Waals surface area contributed by atoms with Crippen LogP contribution in [0.2, 0.25) is 0 Å². The number of guanidine groups is 1. The van der Waals surface area contributed by atoms with E-state index in [0.717, 1.165) is 4.47 Å². The number of nitrogens with two attached hydrogens (primary N) is 1. The Morgan fingerprint density at radius 3 is 2.95 bits per heavy atom. The minimum atomic E-state index is -1.05. The Kier molecular flexibility index (Phi) is 4.20. The number of aliphatic hydroxyl groups is 1. The molecule has 1 aromatic heterocycles. The number of rotatable bonds is 4. The van der Waals surface area contributed by atoms with Crippen molar-refractivity contribution in [2.75, 3.05) is 6.54 Å². The number of carbonyl (C=O) groups excluding carboxylic acids is 2. The Labute approximate surface area is 122 Å². The Balaban J connectivity index is 1.90. The third-order valence-corrected chi connectivity index (χ3v) is 2.89. The zero-order valence-electron chi connectivity index (χ0n) is 10.2. The minimum absolute atomic E-state index is 0.0197. The second-order valence-corrected chi connectivity index (χ2v) is 4.93. The lowest BCUT2D eigenvalue weighted by molar-refractivity contribution is -0.115. The Bertz CT molecular complexity index is 607. The van der Waals surface area contributed by atoms with E-state index in [0.29, 0.717) is 5.69 Å². The van der Waals surface area contributed by atoms with Gasteiger partial charge in [-0.05, 0) is 28.1 Å². The van der Waals surface area contributed by atoms with E-state index in [-0.39, 0.29) is 24.1 Å². The van der Waals surface area contributed by atoms with Crippen molar-refractivity contribution in [3.05, 3.63) is 34.2 Å². The van der Waals surface area contributed by atoms with E-state index >= 15 is 0 Å². The second kappa shape index (κ2) is 5.88. The summed E-state index contributed by atoms with van der Waals surface area (Å²) in [7, 11) is 0. The molecule has 0 saturated carbocycles. The lowest BCUT2D eigenvalue weighted by atomic mass is 10.2. The summed E-state index contributed by atoms with van der Waals surface area (Å²) in [5.41, 5.74) is 5.69. The third-order valence-electron chi connectivity index (χ3n) is 2.43. The van der Waals surface area contributed by atoms with E-state index in [4.69, 9.17) is 5.73 Å². The van der Waals surface area contributed by atoms with Crippen LogP contribution in [0.5, 0.6) is 0 Å². The fraction of sp³-hybridized carbons (Fsp3) is 0.182. The molecule has 0 bridgehead atoms. The van der Waals surface area contributed by atoms with Crippen LogP contribution in [0.1, 0.15) is 10.5 Å². The van der Waals surface area contributed by atoms with Gasteiger partial charge in [0.05, 0.1) is 6.10 Å². The number of aliphatic hydroxyl groups excluding tert-OH is 1. The number of aromatic amines is 1. The van der Waals surface area contributed by atoms with Gasteiger partial charge in [0.15, 0.2) is 0 Å². The molecule has 0 spiro atoms. The number of hydrogen-bond acceptors (Lipinski definition) is 5. The number of hydrogen-bond donors (Lipinski definition) is 5. The molecule has 1 unspecified atom stereocenters. The predicted octanol–water partition coefficient (Wildman–Crippen LogP) is -0.804. The number of H-pyrrole nitrogens is 1. The molecule has 2 rings (SSSR count). The first-order chi connectivity index (χ1) is 9.45. The van der Waals surface area contributed by atoms with E-state index in [1.165, 1.54) is 6.08 Å². The maximum atomic E-state index is 11.7. The summed E-state index contributed by atoms with van der Waals surface area (Å²) in [6.45, 7) is -0.0539. The van der Waals surface area contributed by atoms with E-state index < -0.39 is 12.0 Å². The van der Waals surface area contributed by atoms with Gasteiger partial charge in [-0.15, -0.1) is 0 Å². The van der Waals surface area contributed by atoms with Crippen LogP contribution < -0.4 is 16.4 Å². The number of aromatic nitrogens is 1. The van der Waals surface area contributed by atoms with E-state index in [1.807, 2.05) is 0 Å². The molecule has 2 heterocycles. The maximum absolute atomic E-state index is 11.7. The number of nitrogens with zero attached hydrogens (tertiary/aromatic N) is 1. The molecule has 8 nitrogen and oxygen atoms in total. The summed E-state index contributed by atoms with van der Waals surface area (Å²) in [6, 6.07) is 1.61. The van der Waals surface area contributed by atoms with Gasteiger partial charge in [-0.3, -0.25) is 14.9 Å². The maximum Gasteiger partial charge on any atom is 0.276 e. The molecule has 1 atom stereocenters. The van der Waals surface area contributed by atoms with Crippen LogP contribution in [-0.2, 0) is 4.79 Å². The van der Waals surface area contributed by atoms with Crippen LogP contribution in [0.25, 0.3) is 0 Å². The highest BCUT2D eigenvalue weighted by molar-refractivity contribution is 9.10. The van der Waals surface area contributed by atoms with Gasteiger partial charge in [0, 0.05) is 17.2 Å². The van der Waals surface area contributed by atoms with Crippen molar-refractivity contribution in [3.8, 4) is 0 Å². The summed E-state index contributed by atoms with van der Waals surface area (Å²) in [4.78, 5) is 29.5. The van der Waals surface area contributed by atoms with Gasteiger partial charge >= 0.3 is 0 Å². The molecule has 0 fully saturated rings. The summed E-state index contributed by atoms with van der Waals surface area (Å²) in [5.74, 6) is -0.873. The zero-order chi connectivity index (χ0) is 14.7. The van der Waals surface area contributed by atoms with Gasteiger partial charge in [-0.25, -0.2) is 4.99 Å². The van der Waals surface area contributed by atoms with Crippen molar-refractivity contribution in [1.82, 2.24) is 15.6 Å². The first-order valence-corrected chi connectivity index (χ1v) is 6.42. The normalized spacial score (nSPS) is 17.8. The van der Waals surface area contributed by atoms with Gasteiger partial charge < -0.3 is 21.1 Å². The molecule has 0 saturated heterocycles. The topological polar surface area (TPSA) is 133 Å². The number of nitrogens with one attached hydrogen (secondary N) is 3. The van der Waals surface area contributed by atoms with Crippen LogP contribution >= 0.6 is 15.9 Å². The van der Waals surface area contributed by atoms with E-state index in [2.05, 4.69) is 36.5 Å². The van der Waals surface area contributed by atoms with Crippen LogP contribution in [0.3, 0.4) is 0 Å². The zero-order valence-corrected chi connectivity index (χ0v) is 11.8. The van der Waals surface area contributed by atoms with Gasteiger partial charge in [0.2, 0.25) is 5.96 Å². The molecule has 106 valence electrons. The summed E-state index contributed by atoms with van der Waals surface area (Å²) >= 11 is 3.21. The molecular formula is C11H12BrN5O3. The minimum Gasteiger partial charge on any atom is -0.387 e. The number of amides is 2. The van der Waals surface area contributed by atoms with Crippen molar-refractivity contribution in [1.29, 1.82) is 0 Å². The van der Waals surface area contributed by atoms with Crippen LogP contribution in [0.15, 0.2) is 33.5 Å². The number of aliphatic imine (C=N–C) groups is 1. The third kappa shape index (κ3) is 3.45. The average Bonchev–Trinajstić information content (AvgIpc) is 2.93. The number of carbonyl (C=O) groups is 2. The molecule has 1 aromatic rings.